The van der Waals surface area contributed by atoms with E-state index >= 15 is 0 Å². The Morgan fingerprint density at radius 3 is 2.30 bits per heavy atom. The van der Waals surface area contributed by atoms with Gasteiger partial charge in [-0.2, -0.15) is 0 Å². The van der Waals surface area contributed by atoms with Gasteiger partial charge in [0.15, 0.2) is 0 Å². The number of nitrogens with one attached hydrogen (secondary N) is 1. The fourth-order valence-electron chi connectivity index (χ4n) is 2.98. The number of carbonyl (C=O) groups excluding carboxylic acids is 1. The lowest BCUT2D eigenvalue weighted by Crippen LogP contribution is -2.17. The summed E-state index contributed by atoms with van der Waals surface area (Å²) in [6.07, 6.45) is 2.14. The zero-order valence-corrected chi connectivity index (χ0v) is 17.4. The number of nitrogens with zero attached hydrogens (tertiary/aromatic N) is 1. The van der Waals surface area contributed by atoms with Crippen molar-refractivity contribution in [3.63, 3.8) is 0 Å². The number of amides is 1. The molecule has 0 bridgehead atoms. The highest BCUT2D eigenvalue weighted by Crippen LogP contribution is 2.36. The van der Waals surface area contributed by atoms with Gasteiger partial charge in [0.1, 0.15) is 16.5 Å². The lowest BCUT2D eigenvalue weighted by Gasteiger charge is -2.14. The molecule has 6 nitrogen and oxygen atoms in total. The second-order valence-electron chi connectivity index (χ2n) is 6.47. The number of aromatic nitrogens is 1. The molecule has 27 heavy (non-hydrogen) atoms. The number of anilines is 1. The van der Waals surface area contributed by atoms with Crippen molar-refractivity contribution in [2.75, 3.05) is 12.4 Å². The van der Waals surface area contributed by atoms with E-state index < -0.39 is 9.84 Å². The van der Waals surface area contributed by atoms with Crippen LogP contribution in [0.1, 0.15) is 44.4 Å². The maximum Gasteiger partial charge on any atom is 0.225 e. The van der Waals surface area contributed by atoms with Gasteiger partial charge in [0.05, 0.1) is 12.0 Å². The second kappa shape index (κ2) is 8.61. The average Bonchev–Trinajstić information content (AvgIpc) is 2.90. The van der Waals surface area contributed by atoms with Crippen LogP contribution in [0.5, 0.6) is 5.75 Å². The van der Waals surface area contributed by atoms with E-state index in [1.807, 2.05) is 11.5 Å². The van der Waals surface area contributed by atoms with Gasteiger partial charge in [-0.05, 0) is 50.1 Å². The Morgan fingerprint density at radius 1 is 1.15 bits per heavy atom. The molecular formula is C20H28N2O4S. The van der Waals surface area contributed by atoms with Crippen molar-refractivity contribution >= 4 is 21.6 Å². The molecule has 0 aliphatic heterocycles. The summed E-state index contributed by atoms with van der Waals surface area (Å²) in [5.41, 5.74) is 1.51. The van der Waals surface area contributed by atoms with Crippen LogP contribution in [0.2, 0.25) is 0 Å². The van der Waals surface area contributed by atoms with Crippen LogP contribution < -0.4 is 10.1 Å². The van der Waals surface area contributed by atoms with Gasteiger partial charge in [-0.3, -0.25) is 4.79 Å². The maximum atomic E-state index is 13.4. The van der Waals surface area contributed by atoms with Crippen LogP contribution in [0.15, 0.2) is 34.1 Å². The summed E-state index contributed by atoms with van der Waals surface area (Å²) < 4.78 is 33.8. The Hall–Kier alpha value is -2.28. The minimum atomic E-state index is -3.80. The molecule has 1 aromatic carbocycles. The molecule has 7 heteroatoms. The number of ether oxygens (including phenoxy) is 1. The van der Waals surface area contributed by atoms with Crippen molar-refractivity contribution in [1.82, 2.24) is 4.57 Å². The van der Waals surface area contributed by atoms with E-state index in [0.29, 0.717) is 23.7 Å². The zero-order valence-electron chi connectivity index (χ0n) is 16.6. The number of methoxy groups -OCH3 is 1. The Labute approximate surface area is 161 Å². The molecule has 0 saturated heterocycles. The van der Waals surface area contributed by atoms with E-state index in [9.17, 15) is 13.2 Å². The van der Waals surface area contributed by atoms with Crippen molar-refractivity contribution in [1.29, 1.82) is 0 Å². The highest BCUT2D eigenvalue weighted by molar-refractivity contribution is 7.91. The van der Waals surface area contributed by atoms with E-state index in [4.69, 9.17) is 4.74 Å². The fraction of sp³-hybridized carbons (Fsp3) is 0.450. The summed E-state index contributed by atoms with van der Waals surface area (Å²) in [6, 6.07) is 6.29. The summed E-state index contributed by atoms with van der Waals surface area (Å²) in [5.74, 6) is 0.736. The number of hydrogen-bond acceptors (Lipinski definition) is 4. The van der Waals surface area contributed by atoms with E-state index in [-0.39, 0.29) is 22.1 Å². The molecule has 0 radical (unpaired) electrons. The lowest BCUT2D eigenvalue weighted by molar-refractivity contribution is -0.115. The van der Waals surface area contributed by atoms with E-state index in [0.717, 1.165) is 18.5 Å². The summed E-state index contributed by atoms with van der Waals surface area (Å²) in [7, 11) is -2.27. The first-order valence-electron chi connectivity index (χ1n) is 9.16. The average molecular weight is 393 g/mol. The van der Waals surface area contributed by atoms with E-state index in [1.54, 1.807) is 26.0 Å². The Morgan fingerprint density at radius 2 is 1.78 bits per heavy atom. The first-order chi connectivity index (χ1) is 12.8. The molecule has 0 atom stereocenters. The molecule has 0 aliphatic carbocycles. The van der Waals surface area contributed by atoms with Crippen LogP contribution in [0.25, 0.3) is 0 Å². The summed E-state index contributed by atoms with van der Waals surface area (Å²) in [5, 5.41) is 2.82. The first-order valence-corrected chi connectivity index (χ1v) is 10.6. The predicted octanol–water partition coefficient (Wildman–Crippen LogP) is 4.09. The van der Waals surface area contributed by atoms with Gasteiger partial charge in [0, 0.05) is 18.7 Å². The van der Waals surface area contributed by atoms with Gasteiger partial charge >= 0.3 is 0 Å². The SMILES string of the molecule is CCCCn1c(C)c(C)c(S(=O)(=O)c2ccc(OC)cc2)c1NC(=O)CC. The Bertz CT molecular complexity index is 912. The van der Waals surface area contributed by atoms with Crippen LogP contribution >= 0.6 is 0 Å². The predicted molar refractivity (Wildman–Crippen MR) is 106 cm³/mol. The van der Waals surface area contributed by atoms with Crippen LogP contribution in [0.3, 0.4) is 0 Å². The monoisotopic (exact) mass is 392 g/mol. The van der Waals surface area contributed by atoms with Crippen LogP contribution in [0.4, 0.5) is 5.82 Å². The summed E-state index contributed by atoms with van der Waals surface area (Å²) >= 11 is 0. The molecule has 1 amide bonds. The zero-order chi connectivity index (χ0) is 20.2. The number of sulfone groups is 1. The minimum absolute atomic E-state index is 0.170. The number of carbonyl (C=O) groups is 1. The third-order valence-corrected chi connectivity index (χ3v) is 6.66. The highest BCUT2D eigenvalue weighted by Gasteiger charge is 2.30. The topological polar surface area (TPSA) is 77.4 Å². The van der Waals surface area contributed by atoms with Crippen LogP contribution in [0, 0.1) is 13.8 Å². The Balaban J connectivity index is 2.66. The van der Waals surface area contributed by atoms with Gasteiger partial charge < -0.3 is 14.6 Å². The molecule has 0 unspecified atom stereocenters. The van der Waals surface area contributed by atoms with Gasteiger partial charge in [-0.1, -0.05) is 20.3 Å². The Kier molecular flexibility index (Phi) is 6.70. The molecule has 1 aromatic heterocycles. The summed E-state index contributed by atoms with van der Waals surface area (Å²) in [4.78, 5) is 12.4. The molecular weight excluding hydrogens is 364 g/mol. The van der Waals surface area contributed by atoms with Crippen molar-refractivity contribution in [3.05, 3.63) is 35.5 Å². The molecule has 1 heterocycles. The molecule has 0 fully saturated rings. The number of rotatable bonds is 8. The smallest absolute Gasteiger partial charge is 0.225 e. The molecule has 0 aliphatic rings. The van der Waals surface area contributed by atoms with Crippen molar-refractivity contribution in [3.8, 4) is 5.75 Å². The normalized spacial score (nSPS) is 11.4. The fourth-order valence-corrected chi connectivity index (χ4v) is 4.67. The summed E-state index contributed by atoms with van der Waals surface area (Å²) in [6.45, 7) is 8.15. The van der Waals surface area contributed by atoms with Crippen molar-refractivity contribution in [2.24, 2.45) is 0 Å². The second-order valence-corrected chi connectivity index (χ2v) is 8.36. The van der Waals surface area contributed by atoms with Crippen molar-refractivity contribution in [2.45, 2.75) is 63.3 Å². The van der Waals surface area contributed by atoms with Crippen LogP contribution in [-0.2, 0) is 21.2 Å². The molecule has 1 N–H and O–H groups in total. The number of unbranched alkanes of at least 4 members (excludes halogenated alkanes) is 1. The van der Waals surface area contributed by atoms with Gasteiger partial charge in [0.25, 0.3) is 0 Å². The molecule has 0 spiro atoms. The van der Waals surface area contributed by atoms with Gasteiger partial charge in [-0.15, -0.1) is 0 Å². The lowest BCUT2D eigenvalue weighted by atomic mass is 10.3. The van der Waals surface area contributed by atoms with Gasteiger partial charge in [-0.25, -0.2) is 8.42 Å². The quantitative estimate of drug-likeness (QED) is 0.734. The van der Waals surface area contributed by atoms with E-state index in [2.05, 4.69) is 12.2 Å². The number of benzene rings is 1. The molecule has 148 valence electrons. The van der Waals surface area contributed by atoms with Gasteiger partial charge in [0.2, 0.25) is 15.7 Å². The molecule has 0 saturated carbocycles. The highest BCUT2D eigenvalue weighted by atomic mass is 32.2. The maximum absolute atomic E-state index is 13.4. The van der Waals surface area contributed by atoms with Crippen LogP contribution in [-0.4, -0.2) is 26.0 Å². The van der Waals surface area contributed by atoms with Crippen molar-refractivity contribution < 1.29 is 17.9 Å². The third kappa shape index (κ3) is 4.18. The van der Waals surface area contributed by atoms with E-state index in [1.165, 1.54) is 19.2 Å². The largest absolute Gasteiger partial charge is 0.497 e. The first kappa shape index (κ1) is 21.0. The third-order valence-electron chi connectivity index (χ3n) is 4.73. The molecule has 2 aromatic rings. The standard InChI is InChI=1S/C20H28N2O4S/c1-6-8-13-22-15(4)14(3)19(20(22)21-18(23)7-2)27(24,25)17-11-9-16(26-5)10-12-17/h9-12H,6-8,13H2,1-5H3,(H,21,23). The number of hydrogen-bond donors (Lipinski definition) is 1. The minimum Gasteiger partial charge on any atom is -0.497 e. The molecule has 2 rings (SSSR count).